The summed E-state index contributed by atoms with van der Waals surface area (Å²) < 4.78 is 5.62. The number of amides is 4. The molecule has 3 aromatic carbocycles. The SMILES string of the molecule is Cc1ccc(N2C(=O)C[C@@H](C3(c4ccccc4)C(=O)N(C(=O)OC(C)(C)C)c4ccc(C)cc43)C2=O)cc1. The van der Waals surface area contributed by atoms with Crippen LogP contribution in [0, 0.1) is 19.8 Å². The number of aryl methyl sites for hydroxylation is 2. The Labute approximate surface area is 222 Å². The van der Waals surface area contributed by atoms with Crippen LogP contribution in [-0.2, 0) is 24.5 Å². The van der Waals surface area contributed by atoms with Gasteiger partial charge >= 0.3 is 6.09 Å². The normalized spacial score (nSPS) is 21.2. The molecule has 0 aromatic heterocycles. The largest absolute Gasteiger partial charge is 0.443 e. The van der Waals surface area contributed by atoms with Gasteiger partial charge in [0, 0.05) is 6.42 Å². The molecule has 0 spiro atoms. The molecule has 194 valence electrons. The molecule has 0 saturated carbocycles. The molecule has 1 saturated heterocycles. The number of anilines is 2. The zero-order chi connectivity index (χ0) is 27.4. The minimum absolute atomic E-state index is 0.178. The minimum Gasteiger partial charge on any atom is -0.443 e. The van der Waals surface area contributed by atoms with Gasteiger partial charge in [0.05, 0.1) is 17.3 Å². The van der Waals surface area contributed by atoms with E-state index >= 15 is 0 Å². The molecule has 7 heteroatoms. The average molecular weight is 511 g/mol. The van der Waals surface area contributed by atoms with Gasteiger partial charge in [0.2, 0.25) is 11.8 Å². The summed E-state index contributed by atoms with van der Waals surface area (Å²) in [5.41, 5.74) is 1.27. The Kier molecular flexibility index (Phi) is 5.97. The van der Waals surface area contributed by atoms with Gasteiger partial charge in [0.25, 0.3) is 5.91 Å². The number of ether oxygens (including phenoxy) is 1. The highest BCUT2D eigenvalue weighted by molar-refractivity contribution is 6.28. The van der Waals surface area contributed by atoms with E-state index < -0.39 is 40.7 Å². The van der Waals surface area contributed by atoms with Gasteiger partial charge in [0.1, 0.15) is 11.0 Å². The predicted molar refractivity (Wildman–Crippen MR) is 144 cm³/mol. The van der Waals surface area contributed by atoms with E-state index in [4.69, 9.17) is 4.74 Å². The van der Waals surface area contributed by atoms with Crippen LogP contribution in [-0.4, -0.2) is 29.4 Å². The van der Waals surface area contributed by atoms with Crippen molar-refractivity contribution in [1.29, 1.82) is 0 Å². The molecule has 2 atom stereocenters. The highest BCUT2D eigenvalue weighted by Crippen LogP contribution is 2.54. The highest BCUT2D eigenvalue weighted by Gasteiger charge is 2.64. The number of carbonyl (C=O) groups excluding carboxylic acids is 4. The van der Waals surface area contributed by atoms with Crippen molar-refractivity contribution in [2.45, 2.75) is 52.1 Å². The molecule has 5 rings (SSSR count). The topological polar surface area (TPSA) is 84.0 Å². The number of carbonyl (C=O) groups is 4. The first-order valence-corrected chi connectivity index (χ1v) is 12.6. The number of benzene rings is 3. The number of nitrogens with zero attached hydrogens (tertiary/aromatic N) is 2. The maximum Gasteiger partial charge on any atom is 0.421 e. The number of hydrogen-bond donors (Lipinski definition) is 0. The Morgan fingerprint density at radius 3 is 2.16 bits per heavy atom. The summed E-state index contributed by atoms with van der Waals surface area (Å²) in [5, 5.41) is 0. The lowest BCUT2D eigenvalue weighted by molar-refractivity contribution is -0.130. The molecule has 1 unspecified atom stereocenters. The maximum absolute atomic E-state index is 14.6. The molecule has 2 heterocycles. The zero-order valence-electron chi connectivity index (χ0n) is 22.1. The van der Waals surface area contributed by atoms with E-state index in [1.165, 1.54) is 0 Å². The fourth-order valence-electron chi connectivity index (χ4n) is 5.50. The van der Waals surface area contributed by atoms with E-state index in [1.807, 2.05) is 44.2 Å². The van der Waals surface area contributed by atoms with E-state index in [2.05, 4.69) is 0 Å². The van der Waals surface area contributed by atoms with Crippen molar-refractivity contribution in [2.75, 3.05) is 9.80 Å². The molecule has 1 fully saturated rings. The first-order chi connectivity index (χ1) is 17.9. The van der Waals surface area contributed by atoms with Gasteiger partial charge in [-0.3, -0.25) is 19.3 Å². The molecule has 0 N–H and O–H groups in total. The molecule has 0 bridgehead atoms. The van der Waals surface area contributed by atoms with Crippen LogP contribution >= 0.6 is 0 Å². The molecule has 2 aliphatic rings. The molecular weight excluding hydrogens is 480 g/mol. The number of fused-ring (bicyclic) bond motifs is 1. The smallest absolute Gasteiger partial charge is 0.421 e. The van der Waals surface area contributed by atoms with Crippen LogP contribution in [0.5, 0.6) is 0 Å². The van der Waals surface area contributed by atoms with Crippen molar-refractivity contribution >= 4 is 35.2 Å². The second-order valence-corrected chi connectivity index (χ2v) is 11.0. The second kappa shape index (κ2) is 8.94. The molecule has 3 aromatic rings. The third-order valence-electron chi connectivity index (χ3n) is 7.12. The lowest BCUT2D eigenvalue weighted by atomic mass is 9.65. The summed E-state index contributed by atoms with van der Waals surface area (Å²) in [4.78, 5) is 57.7. The first-order valence-electron chi connectivity index (χ1n) is 12.6. The first kappa shape index (κ1) is 25.4. The lowest BCUT2D eigenvalue weighted by Gasteiger charge is -2.34. The number of hydrogen-bond acceptors (Lipinski definition) is 5. The Morgan fingerprint density at radius 2 is 1.53 bits per heavy atom. The van der Waals surface area contributed by atoms with Crippen LogP contribution in [0.4, 0.5) is 16.2 Å². The Hall–Kier alpha value is -4.26. The van der Waals surface area contributed by atoms with Crippen molar-refractivity contribution in [3.63, 3.8) is 0 Å². The fourth-order valence-corrected chi connectivity index (χ4v) is 5.50. The monoisotopic (exact) mass is 510 g/mol. The quantitative estimate of drug-likeness (QED) is 0.438. The summed E-state index contributed by atoms with van der Waals surface area (Å²) in [7, 11) is 0. The second-order valence-electron chi connectivity index (χ2n) is 11.0. The van der Waals surface area contributed by atoms with Crippen LogP contribution in [0.15, 0.2) is 72.8 Å². The Balaban J connectivity index is 1.73. The van der Waals surface area contributed by atoms with Crippen molar-refractivity contribution in [1.82, 2.24) is 0 Å². The molecular formula is C31H30N2O5. The average Bonchev–Trinajstić information content (AvgIpc) is 3.29. The predicted octanol–water partition coefficient (Wildman–Crippen LogP) is 5.45. The fraction of sp³-hybridized carbons (Fsp3) is 0.290. The van der Waals surface area contributed by atoms with Crippen LogP contribution in [0.2, 0.25) is 0 Å². The van der Waals surface area contributed by atoms with Gasteiger partial charge in [-0.15, -0.1) is 0 Å². The van der Waals surface area contributed by atoms with Crippen molar-refractivity contribution < 1.29 is 23.9 Å². The zero-order valence-corrected chi connectivity index (χ0v) is 22.1. The van der Waals surface area contributed by atoms with Crippen LogP contribution in [0.3, 0.4) is 0 Å². The molecule has 0 radical (unpaired) electrons. The highest BCUT2D eigenvalue weighted by atomic mass is 16.6. The van der Waals surface area contributed by atoms with Crippen molar-refractivity contribution in [3.05, 3.63) is 95.1 Å². The van der Waals surface area contributed by atoms with Gasteiger partial charge in [-0.2, -0.15) is 0 Å². The molecule has 0 aliphatic carbocycles. The van der Waals surface area contributed by atoms with Crippen LogP contribution < -0.4 is 9.80 Å². The van der Waals surface area contributed by atoms with Crippen LogP contribution in [0.1, 0.15) is 49.4 Å². The van der Waals surface area contributed by atoms with Gasteiger partial charge in [-0.1, -0.05) is 65.7 Å². The van der Waals surface area contributed by atoms with Gasteiger partial charge in [0.15, 0.2) is 0 Å². The number of rotatable bonds is 3. The van der Waals surface area contributed by atoms with E-state index in [-0.39, 0.29) is 6.42 Å². The van der Waals surface area contributed by atoms with Gasteiger partial charge in [-0.25, -0.2) is 9.69 Å². The molecule has 38 heavy (non-hydrogen) atoms. The Morgan fingerprint density at radius 1 is 0.895 bits per heavy atom. The van der Waals surface area contributed by atoms with Crippen molar-refractivity contribution in [2.24, 2.45) is 5.92 Å². The van der Waals surface area contributed by atoms with Crippen LogP contribution in [0.25, 0.3) is 0 Å². The molecule has 7 nitrogen and oxygen atoms in total. The van der Waals surface area contributed by atoms with Gasteiger partial charge in [-0.05, 0) is 63.9 Å². The van der Waals surface area contributed by atoms with Crippen molar-refractivity contribution in [3.8, 4) is 0 Å². The summed E-state index contributed by atoms with van der Waals surface area (Å²) in [5.74, 6) is -2.53. The van der Waals surface area contributed by atoms with E-state index in [1.54, 1.807) is 63.2 Å². The lowest BCUT2D eigenvalue weighted by Crippen LogP contribution is -2.51. The number of imide groups is 2. The van der Waals surface area contributed by atoms with E-state index in [0.717, 1.165) is 20.9 Å². The third-order valence-corrected chi connectivity index (χ3v) is 7.12. The van der Waals surface area contributed by atoms with Gasteiger partial charge < -0.3 is 4.74 Å². The summed E-state index contributed by atoms with van der Waals surface area (Å²) in [6.45, 7) is 8.99. The summed E-state index contributed by atoms with van der Waals surface area (Å²) in [6, 6.07) is 21.4. The molecule has 2 aliphatic heterocycles. The Bertz CT molecular complexity index is 1460. The third kappa shape index (κ3) is 3.90. The van der Waals surface area contributed by atoms with E-state index in [0.29, 0.717) is 22.5 Å². The summed E-state index contributed by atoms with van der Waals surface area (Å²) in [6.07, 6.45) is -0.999. The maximum atomic E-state index is 14.6. The minimum atomic E-state index is -1.59. The summed E-state index contributed by atoms with van der Waals surface area (Å²) >= 11 is 0. The standard InChI is InChI=1S/C31H30N2O5/c1-19-11-14-22(15-12-19)32-26(34)18-24(27(32)35)31(21-9-7-6-8-10-21)23-17-20(2)13-16-25(23)33(28(31)36)29(37)38-30(3,4)5/h6-17,24H,18H2,1-5H3/t24-,31?/m1/s1. The van der Waals surface area contributed by atoms with E-state index in [9.17, 15) is 19.2 Å². The molecule has 4 amide bonds.